The molecule has 0 radical (unpaired) electrons. The Hall–Kier alpha value is -1.96. The van der Waals surface area contributed by atoms with Crippen LogP contribution in [0.2, 0.25) is 0 Å². The summed E-state index contributed by atoms with van der Waals surface area (Å²) in [5, 5.41) is 0. The normalized spacial score (nSPS) is 10.7. The van der Waals surface area contributed by atoms with Crippen molar-refractivity contribution in [3.8, 4) is 11.5 Å². The van der Waals surface area contributed by atoms with Crippen molar-refractivity contribution in [2.24, 2.45) is 0 Å². The fourth-order valence-corrected chi connectivity index (χ4v) is 2.25. The van der Waals surface area contributed by atoms with Gasteiger partial charge in [0, 0.05) is 0 Å². The number of methoxy groups -OCH3 is 2. The van der Waals surface area contributed by atoms with Crippen molar-refractivity contribution in [1.82, 2.24) is 0 Å². The molecule has 0 saturated carbocycles. The molecule has 0 heterocycles. The zero-order chi connectivity index (χ0) is 14.5. The predicted octanol–water partition coefficient (Wildman–Crippen LogP) is 4.42. The van der Waals surface area contributed by atoms with Gasteiger partial charge in [0.25, 0.3) is 0 Å². The average molecular weight is 270 g/mol. The van der Waals surface area contributed by atoms with Gasteiger partial charge in [0.05, 0.1) is 14.2 Å². The van der Waals surface area contributed by atoms with Crippen LogP contribution in [-0.2, 0) is 6.42 Å². The molecule has 2 nitrogen and oxygen atoms in total. The zero-order valence-electron chi connectivity index (χ0n) is 12.6. The molecular weight excluding hydrogens is 248 g/mol. The van der Waals surface area contributed by atoms with Gasteiger partial charge in [0.15, 0.2) is 11.5 Å². The third-order valence-corrected chi connectivity index (χ3v) is 3.50. The van der Waals surface area contributed by atoms with E-state index in [1.807, 2.05) is 12.1 Å². The van der Waals surface area contributed by atoms with Crippen LogP contribution in [0.3, 0.4) is 0 Å². The summed E-state index contributed by atoms with van der Waals surface area (Å²) in [5.41, 5.74) is 3.91. The maximum Gasteiger partial charge on any atom is 0.160 e. The predicted molar refractivity (Wildman–Crippen MR) is 82.9 cm³/mol. The molecule has 0 aliphatic rings. The first-order chi connectivity index (χ1) is 9.63. The lowest BCUT2D eigenvalue weighted by molar-refractivity contribution is 0.354. The van der Waals surface area contributed by atoms with Gasteiger partial charge in [0.1, 0.15) is 0 Å². The summed E-state index contributed by atoms with van der Waals surface area (Å²) < 4.78 is 10.6. The van der Waals surface area contributed by atoms with E-state index in [-0.39, 0.29) is 0 Å². The van der Waals surface area contributed by atoms with Crippen molar-refractivity contribution in [1.29, 1.82) is 0 Å². The van der Waals surface area contributed by atoms with Gasteiger partial charge in [-0.05, 0) is 41.2 Å². The van der Waals surface area contributed by atoms with E-state index < -0.39 is 0 Å². The van der Waals surface area contributed by atoms with Gasteiger partial charge in [0.2, 0.25) is 0 Å². The van der Waals surface area contributed by atoms with Crippen molar-refractivity contribution >= 4 is 0 Å². The highest BCUT2D eigenvalue weighted by molar-refractivity contribution is 5.44. The largest absolute Gasteiger partial charge is 0.493 e. The molecule has 0 bridgehead atoms. The molecule has 2 rings (SSSR count). The molecule has 20 heavy (non-hydrogen) atoms. The lowest BCUT2D eigenvalue weighted by Crippen LogP contribution is -1.94. The Morgan fingerprint density at radius 2 is 1.40 bits per heavy atom. The molecule has 0 spiro atoms. The second kappa shape index (κ2) is 6.47. The lowest BCUT2D eigenvalue weighted by Gasteiger charge is -2.10. The van der Waals surface area contributed by atoms with Crippen molar-refractivity contribution < 1.29 is 9.47 Å². The van der Waals surface area contributed by atoms with Gasteiger partial charge in [-0.1, -0.05) is 44.2 Å². The summed E-state index contributed by atoms with van der Waals surface area (Å²) in [7, 11) is 3.32. The SMILES string of the molecule is COc1ccc(Cc2ccc(C(C)C)cc2)cc1OC. The summed E-state index contributed by atoms with van der Waals surface area (Å²) in [4.78, 5) is 0. The molecule has 0 fully saturated rings. The van der Waals surface area contributed by atoms with E-state index in [1.165, 1.54) is 16.7 Å². The van der Waals surface area contributed by atoms with E-state index in [0.29, 0.717) is 5.92 Å². The maximum absolute atomic E-state index is 5.34. The van der Waals surface area contributed by atoms with E-state index in [0.717, 1.165) is 17.9 Å². The van der Waals surface area contributed by atoms with Crippen molar-refractivity contribution in [2.45, 2.75) is 26.2 Å². The number of benzene rings is 2. The van der Waals surface area contributed by atoms with Crippen molar-refractivity contribution in [3.05, 3.63) is 59.2 Å². The highest BCUT2D eigenvalue weighted by Gasteiger charge is 2.05. The first-order valence-electron chi connectivity index (χ1n) is 6.93. The molecule has 0 aliphatic heterocycles. The van der Waals surface area contributed by atoms with E-state index >= 15 is 0 Å². The van der Waals surface area contributed by atoms with E-state index in [4.69, 9.17) is 9.47 Å². The number of ether oxygens (including phenoxy) is 2. The highest BCUT2D eigenvalue weighted by atomic mass is 16.5. The van der Waals surface area contributed by atoms with Crippen LogP contribution in [0.5, 0.6) is 11.5 Å². The van der Waals surface area contributed by atoms with Crippen LogP contribution in [0, 0.1) is 0 Å². The maximum atomic E-state index is 5.34. The minimum atomic E-state index is 0.574. The molecule has 0 saturated heterocycles. The molecular formula is C18H22O2. The Morgan fingerprint density at radius 3 is 1.95 bits per heavy atom. The minimum Gasteiger partial charge on any atom is -0.493 e. The second-order valence-electron chi connectivity index (χ2n) is 5.26. The fraction of sp³-hybridized carbons (Fsp3) is 0.333. The summed E-state index contributed by atoms with van der Waals surface area (Å²) >= 11 is 0. The third-order valence-electron chi connectivity index (χ3n) is 3.50. The van der Waals surface area contributed by atoms with Crippen LogP contribution in [0.25, 0.3) is 0 Å². The van der Waals surface area contributed by atoms with Gasteiger partial charge in [-0.15, -0.1) is 0 Å². The first-order valence-corrected chi connectivity index (χ1v) is 6.93. The topological polar surface area (TPSA) is 18.5 Å². The van der Waals surface area contributed by atoms with Crippen LogP contribution in [0.15, 0.2) is 42.5 Å². The van der Waals surface area contributed by atoms with Gasteiger partial charge in [-0.2, -0.15) is 0 Å². The molecule has 0 aromatic heterocycles. The summed E-state index contributed by atoms with van der Waals surface area (Å²) in [6, 6.07) is 14.9. The smallest absolute Gasteiger partial charge is 0.160 e. The molecule has 0 aliphatic carbocycles. The van der Waals surface area contributed by atoms with Crippen LogP contribution >= 0.6 is 0 Å². The van der Waals surface area contributed by atoms with E-state index in [9.17, 15) is 0 Å². The van der Waals surface area contributed by atoms with E-state index in [2.05, 4.69) is 44.2 Å². The molecule has 2 aromatic rings. The summed E-state index contributed by atoms with van der Waals surface area (Å²) in [5.74, 6) is 2.13. The quantitative estimate of drug-likeness (QED) is 0.800. The number of rotatable bonds is 5. The minimum absolute atomic E-state index is 0.574. The second-order valence-corrected chi connectivity index (χ2v) is 5.26. The highest BCUT2D eigenvalue weighted by Crippen LogP contribution is 2.28. The zero-order valence-corrected chi connectivity index (χ0v) is 12.6. The Kier molecular flexibility index (Phi) is 4.67. The standard InChI is InChI=1S/C18H22O2/c1-13(2)16-8-5-14(6-9-16)11-15-7-10-17(19-3)18(12-15)20-4/h5-10,12-13H,11H2,1-4H3. The summed E-state index contributed by atoms with van der Waals surface area (Å²) in [6.07, 6.45) is 0.902. The Labute approximate surface area is 121 Å². The Balaban J connectivity index is 2.17. The average Bonchev–Trinajstić information content (AvgIpc) is 2.47. The molecule has 0 amide bonds. The Morgan fingerprint density at radius 1 is 0.800 bits per heavy atom. The fourth-order valence-electron chi connectivity index (χ4n) is 2.25. The molecule has 0 unspecified atom stereocenters. The van der Waals surface area contributed by atoms with Crippen LogP contribution < -0.4 is 9.47 Å². The number of hydrogen-bond acceptors (Lipinski definition) is 2. The Bertz CT molecular complexity index is 556. The van der Waals surface area contributed by atoms with E-state index in [1.54, 1.807) is 14.2 Å². The molecule has 0 N–H and O–H groups in total. The van der Waals surface area contributed by atoms with Crippen LogP contribution in [0.4, 0.5) is 0 Å². The van der Waals surface area contributed by atoms with Crippen LogP contribution in [0.1, 0.15) is 36.5 Å². The summed E-state index contributed by atoms with van der Waals surface area (Å²) in [6.45, 7) is 4.42. The molecule has 0 atom stereocenters. The molecule has 106 valence electrons. The number of hydrogen-bond donors (Lipinski definition) is 0. The monoisotopic (exact) mass is 270 g/mol. The van der Waals surface area contributed by atoms with Gasteiger partial charge < -0.3 is 9.47 Å². The molecule has 2 aromatic carbocycles. The van der Waals surface area contributed by atoms with Gasteiger partial charge >= 0.3 is 0 Å². The van der Waals surface area contributed by atoms with Gasteiger partial charge in [-0.3, -0.25) is 0 Å². The van der Waals surface area contributed by atoms with Crippen molar-refractivity contribution in [2.75, 3.05) is 14.2 Å². The molecule has 2 heteroatoms. The van der Waals surface area contributed by atoms with Gasteiger partial charge in [-0.25, -0.2) is 0 Å². The first kappa shape index (κ1) is 14.4. The van der Waals surface area contributed by atoms with Crippen molar-refractivity contribution in [3.63, 3.8) is 0 Å². The lowest BCUT2D eigenvalue weighted by atomic mass is 9.99. The third kappa shape index (κ3) is 3.32. The van der Waals surface area contributed by atoms with Crippen LogP contribution in [-0.4, -0.2) is 14.2 Å².